The van der Waals surface area contributed by atoms with Gasteiger partial charge >= 0.3 is 6.18 Å². The first-order valence-electron chi connectivity index (χ1n) is 8.12. The SMILES string of the molecule is Cc1c(C(=O)C(F)(F)F)cc(-c2ccc(S(N)(=O)=O)cc2)n1-c1ccc(F)cc1. The molecule has 0 unspecified atom stereocenters. The van der Waals surface area contributed by atoms with Gasteiger partial charge in [0.25, 0.3) is 5.78 Å². The minimum Gasteiger partial charge on any atom is -0.313 e. The topological polar surface area (TPSA) is 82.2 Å². The average Bonchev–Trinajstić information content (AvgIpc) is 2.97. The molecule has 0 fully saturated rings. The predicted octanol–water partition coefficient (Wildman–Crippen LogP) is 3.98. The highest BCUT2D eigenvalue weighted by Crippen LogP contribution is 2.33. The molecule has 3 rings (SSSR count). The zero-order valence-corrected chi connectivity index (χ0v) is 15.7. The molecule has 2 aromatic carbocycles. The number of primary sulfonamides is 1. The molecule has 0 aliphatic heterocycles. The zero-order chi connectivity index (χ0) is 21.6. The van der Waals surface area contributed by atoms with E-state index in [1.54, 1.807) is 0 Å². The van der Waals surface area contributed by atoms with E-state index >= 15 is 0 Å². The lowest BCUT2D eigenvalue weighted by Crippen LogP contribution is -2.23. The van der Waals surface area contributed by atoms with E-state index in [1.165, 1.54) is 47.9 Å². The number of sulfonamides is 1. The molecule has 152 valence electrons. The highest BCUT2D eigenvalue weighted by Gasteiger charge is 2.41. The number of carbonyl (C=O) groups excluding carboxylic acids is 1. The molecule has 29 heavy (non-hydrogen) atoms. The third kappa shape index (κ3) is 4.08. The third-order valence-electron chi connectivity index (χ3n) is 4.31. The van der Waals surface area contributed by atoms with Crippen LogP contribution in [0.25, 0.3) is 16.9 Å². The molecule has 2 N–H and O–H groups in total. The minimum absolute atomic E-state index is 0.00413. The summed E-state index contributed by atoms with van der Waals surface area (Å²) < 4.78 is 76.5. The van der Waals surface area contributed by atoms with Crippen molar-refractivity contribution in [2.45, 2.75) is 18.0 Å². The van der Waals surface area contributed by atoms with E-state index in [0.717, 1.165) is 18.2 Å². The van der Waals surface area contributed by atoms with E-state index in [1.807, 2.05) is 0 Å². The number of Topliss-reactive ketones (excluding diaryl/α,β-unsaturated/α-hetero) is 1. The lowest BCUT2D eigenvalue weighted by atomic mass is 10.1. The first-order chi connectivity index (χ1) is 13.4. The van der Waals surface area contributed by atoms with Gasteiger partial charge in [0, 0.05) is 16.9 Å². The molecule has 0 spiro atoms. The second kappa shape index (κ2) is 7.12. The van der Waals surface area contributed by atoms with Crippen LogP contribution >= 0.6 is 0 Å². The van der Waals surface area contributed by atoms with E-state index in [9.17, 15) is 30.8 Å². The van der Waals surface area contributed by atoms with Gasteiger partial charge in [-0.3, -0.25) is 4.79 Å². The molecule has 1 aromatic heterocycles. The summed E-state index contributed by atoms with van der Waals surface area (Å²) in [6.45, 7) is 1.34. The van der Waals surface area contributed by atoms with Crippen molar-refractivity contribution in [2.75, 3.05) is 0 Å². The normalized spacial score (nSPS) is 12.2. The van der Waals surface area contributed by atoms with Crippen molar-refractivity contribution < 1.29 is 30.8 Å². The molecule has 1 heterocycles. The number of hydrogen-bond acceptors (Lipinski definition) is 3. The summed E-state index contributed by atoms with van der Waals surface area (Å²) in [6.07, 6.45) is -5.07. The number of alkyl halides is 3. The van der Waals surface area contributed by atoms with Gasteiger partial charge in [-0.2, -0.15) is 13.2 Å². The van der Waals surface area contributed by atoms with Gasteiger partial charge in [-0.15, -0.1) is 0 Å². The lowest BCUT2D eigenvalue weighted by molar-refractivity contribution is -0.0885. The smallest absolute Gasteiger partial charge is 0.313 e. The Bertz CT molecular complexity index is 1180. The van der Waals surface area contributed by atoms with Crippen molar-refractivity contribution in [1.82, 2.24) is 4.57 Å². The van der Waals surface area contributed by atoms with Gasteiger partial charge in [0.1, 0.15) is 5.82 Å². The quantitative estimate of drug-likeness (QED) is 0.506. The molecule has 0 bridgehead atoms. The van der Waals surface area contributed by atoms with Crippen LogP contribution in [-0.2, 0) is 10.0 Å². The summed E-state index contributed by atoms with van der Waals surface area (Å²) in [5.41, 5.74) is 0.307. The Kier molecular flexibility index (Phi) is 5.10. The van der Waals surface area contributed by atoms with Crippen LogP contribution in [-0.4, -0.2) is 24.9 Å². The predicted molar refractivity (Wildman–Crippen MR) is 97.7 cm³/mol. The molecule has 10 heteroatoms. The summed E-state index contributed by atoms with van der Waals surface area (Å²) in [4.78, 5) is 11.7. The van der Waals surface area contributed by atoms with Crippen LogP contribution in [0.4, 0.5) is 17.6 Å². The van der Waals surface area contributed by atoms with Crippen molar-refractivity contribution in [3.63, 3.8) is 0 Å². The molecule has 3 aromatic rings. The summed E-state index contributed by atoms with van der Waals surface area (Å²) in [5.74, 6) is -2.55. The third-order valence-corrected chi connectivity index (χ3v) is 5.24. The molecule has 0 aliphatic carbocycles. The highest BCUT2D eigenvalue weighted by atomic mass is 32.2. The first-order valence-corrected chi connectivity index (χ1v) is 9.67. The number of ketones is 1. The standard InChI is InChI=1S/C19H14F4N2O3S/c1-11-16(18(26)19(21,22)23)10-17(25(11)14-6-4-13(20)5-7-14)12-2-8-15(9-3-12)29(24,27)28/h2-10H,1H3,(H2,24,27,28). The maximum Gasteiger partial charge on any atom is 0.454 e. The molecule has 0 amide bonds. The molecular formula is C19H14F4N2O3S. The Morgan fingerprint density at radius 2 is 1.55 bits per heavy atom. The van der Waals surface area contributed by atoms with Gasteiger partial charge in [-0.1, -0.05) is 12.1 Å². The number of benzene rings is 2. The Morgan fingerprint density at radius 3 is 2.03 bits per heavy atom. The molecule has 0 saturated carbocycles. The average molecular weight is 426 g/mol. The summed E-state index contributed by atoms with van der Waals surface area (Å²) in [5, 5.41) is 5.06. The van der Waals surface area contributed by atoms with E-state index in [-0.39, 0.29) is 16.3 Å². The first kappa shape index (κ1) is 20.7. The van der Waals surface area contributed by atoms with Crippen LogP contribution in [0.1, 0.15) is 16.1 Å². The van der Waals surface area contributed by atoms with Gasteiger partial charge in [0.05, 0.1) is 10.6 Å². The Morgan fingerprint density at radius 1 is 1.00 bits per heavy atom. The van der Waals surface area contributed by atoms with Crippen LogP contribution in [0.15, 0.2) is 59.5 Å². The maximum absolute atomic E-state index is 13.3. The van der Waals surface area contributed by atoms with Gasteiger partial charge in [-0.05, 0) is 55.0 Å². The molecule has 0 saturated heterocycles. The maximum atomic E-state index is 13.3. The van der Waals surface area contributed by atoms with Crippen molar-refractivity contribution in [3.8, 4) is 16.9 Å². The van der Waals surface area contributed by atoms with Crippen LogP contribution in [0.3, 0.4) is 0 Å². The molecular weight excluding hydrogens is 412 g/mol. The summed E-state index contributed by atoms with van der Waals surface area (Å²) >= 11 is 0. The minimum atomic E-state index is -5.07. The zero-order valence-electron chi connectivity index (χ0n) is 14.9. The fraction of sp³-hybridized carbons (Fsp3) is 0.105. The van der Waals surface area contributed by atoms with Crippen LogP contribution in [0.2, 0.25) is 0 Å². The molecule has 0 radical (unpaired) electrons. The largest absolute Gasteiger partial charge is 0.454 e. The van der Waals surface area contributed by atoms with Gasteiger partial charge in [0.15, 0.2) is 0 Å². The lowest BCUT2D eigenvalue weighted by Gasteiger charge is -2.13. The van der Waals surface area contributed by atoms with Crippen LogP contribution in [0, 0.1) is 12.7 Å². The number of nitrogens with zero attached hydrogens (tertiary/aromatic N) is 1. The summed E-state index contributed by atoms with van der Waals surface area (Å²) in [7, 11) is -3.96. The van der Waals surface area contributed by atoms with Crippen molar-refractivity contribution in [3.05, 3.63) is 71.7 Å². The Balaban J connectivity index is 2.24. The Labute approximate surface area is 163 Å². The molecule has 0 aliphatic rings. The number of halogens is 4. The number of carbonyl (C=O) groups is 1. The number of aromatic nitrogens is 1. The van der Waals surface area contributed by atoms with Crippen molar-refractivity contribution >= 4 is 15.8 Å². The number of nitrogens with two attached hydrogens (primary N) is 1. The number of hydrogen-bond donors (Lipinski definition) is 1. The molecule has 0 atom stereocenters. The van der Waals surface area contributed by atoms with Crippen LogP contribution < -0.4 is 5.14 Å². The second-order valence-corrected chi connectivity index (χ2v) is 7.80. The highest BCUT2D eigenvalue weighted by molar-refractivity contribution is 7.89. The van der Waals surface area contributed by atoms with E-state index in [0.29, 0.717) is 11.3 Å². The van der Waals surface area contributed by atoms with Gasteiger partial charge in [-0.25, -0.2) is 17.9 Å². The Hall–Kier alpha value is -2.98. The van der Waals surface area contributed by atoms with Crippen molar-refractivity contribution in [2.24, 2.45) is 5.14 Å². The fourth-order valence-electron chi connectivity index (χ4n) is 2.94. The van der Waals surface area contributed by atoms with E-state index in [2.05, 4.69) is 0 Å². The second-order valence-electron chi connectivity index (χ2n) is 6.24. The van der Waals surface area contributed by atoms with Crippen molar-refractivity contribution in [1.29, 1.82) is 0 Å². The number of rotatable bonds is 4. The van der Waals surface area contributed by atoms with Gasteiger partial charge in [0.2, 0.25) is 10.0 Å². The van der Waals surface area contributed by atoms with E-state index in [4.69, 9.17) is 5.14 Å². The fourth-order valence-corrected chi connectivity index (χ4v) is 3.46. The monoisotopic (exact) mass is 426 g/mol. The van der Waals surface area contributed by atoms with Crippen LogP contribution in [0.5, 0.6) is 0 Å². The van der Waals surface area contributed by atoms with E-state index < -0.39 is 33.4 Å². The van der Waals surface area contributed by atoms with Gasteiger partial charge < -0.3 is 4.57 Å². The molecule has 5 nitrogen and oxygen atoms in total. The summed E-state index contributed by atoms with van der Waals surface area (Å²) in [6, 6.07) is 11.2.